The third kappa shape index (κ3) is 1.96. The first-order valence-electron chi connectivity index (χ1n) is 5.33. The number of para-hydroxylation sites is 1. The van der Waals surface area contributed by atoms with E-state index in [1.807, 2.05) is 0 Å². The first-order chi connectivity index (χ1) is 8.63. The van der Waals surface area contributed by atoms with Crippen LogP contribution in [-0.2, 0) is 9.84 Å². The maximum absolute atomic E-state index is 12.5. The molecule has 100 valence electrons. The van der Waals surface area contributed by atoms with Gasteiger partial charge in [-0.05, 0) is 24.3 Å². The fourth-order valence-corrected chi connectivity index (χ4v) is 3.49. The lowest BCUT2D eigenvalue weighted by Gasteiger charge is -2.07. The van der Waals surface area contributed by atoms with Gasteiger partial charge < -0.3 is 9.15 Å². The van der Waals surface area contributed by atoms with Crippen LogP contribution in [0.25, 0.3) is 11.2 Å². The Morgan fingerprint density at radius 2 is 1.79 bits per heavy atom. The minimum Gasteiger partial charge on any atom is -0.495 e. The lowest BCUT2D eigenvalue weighted by Crippen LogP contribution is -2.03. The molecule has 0 aliphatic rings. The van der Waals surface area contributed by atoms with Crippen LogP contribution in [0.1, 0.15) is 7.43 Å². The van der Waals surface area contributed by atoms with Gasteiger partial charge in [0.1, 0.15) is 26.7 Å². The van der Waals surface area contributed by atoms with Gasteiger partial charge >= 0.3 is 0 Å². The van der Waals surface area contributed by atoms with Gasteiger partial charge in [-0.3, -0.25) is 0 Å². The molecule has 19 heavy (non-hydrogen) atoms. The van der Waals surface area contributed by atoms with Crippen molar-refractivity contribution in [3.63, 3.8) is 0 Å². The molecule has 0 aliphatic carbocycles. The second-order valence-electron chi connectivity index (χ2n) is 3.86. The Morgan fingerprint density at radius 3 is 2.37 bits per heavy atom. The Labute approximate surface area is 111 Å². The number of hydrogen-bond donors (Lipinski definition) is 0. The molecule has 2 aromatic heterocycles. The van der Waals surface area contributed by atoms with E-state index in [1.54, 1.807) is 30.3 Å². The molecule has 0 saturated carbocycles. The van der Waals surface area contributed by atoms with Crippen molar-refractivity contribution in [2.24, 2.45) is 0 Å². The van der Waals surface area contributed by atoms with E-state index in [-0.39, 0.29) is 17.2 Å². The largest absolute Gasteiger partial charge is 0.495 e. The van der Waals surface area contributed by atoms with E-state index in [4.69, 9.17) is 9.15 Å². The third-order valence-corrected chi connectivity index (χ3v) is 4.61. The quantitative estimate of drug-likeness (QED) is 0.737. The van der Waals surface area contributed by atoms with Gasteiger partial charge in [0.05, 0.1) is 7.11 Å². The highest BCUT2D eigenvalue weighted by Gasteiger charge is 2.26. The molecule has 3 aromatic rings. The van der Waals surface area contributed by atoms with Gasteiger partial charge in [-0.15, -0.1) is 0 Å². The summed E-state index contributed by atoms with van der Waals surface area (Å²) in [5, 5.41) is 0. The number of benzene rings is 2. The normalized spacial score (nSPS) is 11.4. The molecule has 2 heterocycles. The number of hydrogen-bond acceptors (Lipinski definition) is 4. The Balaban J connectivity index is 0.00000133. The molecule has 5 heteroatoms. The summed E-state index contributed by atoms with van der Waals surface area (Å²) in [5.74, 6) is 0.329. The summed E-state index contributed by atoms with van der Waals surface area (Å²) in [6, 6.07) is 11.4. The molecule has 3 rings (SSSR count). The summed E-state index contributed by atoms with van der Waals surface area (Å²) < 4.78 is 35.4. The van der Waals surface area contributed by atoms with Crippen molar-refractivity contribution in [3.05, 3.63) is 42.5 Å². The molecule has 0 radical (unpaired) electrons. The molecule has 0 spiro atoms. The zero-order chi connectivity index (χ0) is 12.8. The molecule has 0 fully saturated rings. The van der Waals surface area contributed by atoms with Crippen molar-refractivity contribution < 1.29 is 17.6 Å². The topological polar surface area (TPSA) is 56.5 Å². The second-order valence-corrected chi connectivity index (χ2v) is 5.75. The number of sulfone groups is 1. The maximum Gasteiger partial charge on any atom is 0.214 e. The summed E-state index contributed by atoms with van der Waals surface area (Å²) in [5.41, 5.74) is 0.925. The summed E-state index contributed by atoms with van der Waals surface area (Å²) in [6.45, 7) is 0. The van der Waals surface area contributed by atoms with E-state index >= 15 is 0 Å². The summed E-state index contributed by atoms with van der Waals surface area (Å²) >= 11 is 0. The van der Waals surface area contributed by atoms with Crippen molar-refractivity contribution in [3.8, 4) is 5.75 Å². The van der Waals surface area contributed by atoms with Gasteiger partial charge in [0.2, 0.25) is 9.84 Å². The van der Waals surface area contributed by atoms with Gasteiger partial charge in [0.25, 0.3) is 0 Å². The highest BCUT2D eigenvalue weighted by Crippen LogP contribution is 2.34. The van der Waals surface area contributed by atoms with E-state index in [9.17, 15) is 8.42 Å². The van der Waals surface area contributed by atoms with E-state index in [0.29, 0.717) is 16.9 Å². The monoisotopic (exact) mass is 278 g/mol. The highest BCUT2D eigenvalue weighted by atomic mass is 32.2. The first-order valence-corrected chi connectivity index (χ1v) is 6.81. The van der Waals surface area contributed by atoms with E-state index in [0.717, 1.165) is 0 Å². The van der Waals surface area contributed by atoms with E-state index < -0.39 is 9.84 Å². The highest BCUT2D eigenvalue weighted by molar-refractivity contribution is 7.91. The van der Waals surface area contributed by atoms with Gasteiger partial charge in [0, 0.05) is 6.07 Å². The van der Waals surface area contributed by atoms with Gasteiger partial charge in [-0.25, -0.2) is 8.42 Å². The van der Waals surface area contributed by atoms with Crippen molar-refractivity contribution in [1.29, 1.82) is 0 Å². The molecule has 0 amide bonds. The molecule has 4 nitrogen and oxygen atoms in total. The van der Waals surface area contributed by atoms with E-state index in [2.05, 4.69) is 0 Å². The van der Waals surface area contributed by atoms with Crippen LogP contribution < -0.4 is 4.74 Å². The van der Waals surface area contributed by atoms with Crippen molar-refractivity contribution in [2.45, 2.75) is 17.2 Å². The number of methoxy groups -OCH3 is 1. The molecule has 0 atom stereocenters. The van der Waals surface area contributed by atoms with Crippen LogP contribution in [0.4, 0.5) is 0 Å². The molecule has 0 N–H and O–H groups in total. The molecular formula is C14H14O4S. The number of furan rings is 2. The average Bonchev–Trinajstić information content (AvgIpc) is 3.01. The second kappa shape index (κ2) is 4.59. The lowest BCUT2D eigenvalue weighted by molar-refractivity contribution is 0.403. The molecule has 0 aliphatic heterocycles. The summed E-state index contributed by atoms with van der Waals surface area (Å²) in [4.78, 5) is 0.334. The summed E-state index contributed by atoms with van der Waals surface area (Å²) in [7, 11) is -2.16. The third-order valence-electron chi connectivity index (χ3n) is 2.79. The zero-order valence-electron chi connectivity index (χ0n) is 9.58. The standard InChI is InChI=1S/C13H10O4S.CH4/c1-16-10-4-2-3-5-12(10)18(14,15)13-8-9-6-7-11(13)17-9;/h2-8H,1H3;1H4. The zero-order valence-corrected chi connectivity index (χ0v) is 10.4. The lowest BCUT2D eigenvalue weighted by atomic mass is 10.3. The van der Waals surface area contributed by atoms with Crippen LogP contribution in [0.3, 0.4) is 0 Å². The molecule has 0 saturated heterocycles. The first kappa shape index (κ1) is 13.4. The fraction of sp³-hybridized carbons (Fsp3) is 0.143. The maximum atomic E-state index is 12.5. The smallest absolute Gasteiger partial charge is 0.214 e. The van der Waals surface area contributed by atoms with Crippen LogP contribution >= 0.6 is 0 Å². The molecule has 0 unspecified atom stereocenters. The molecule has 2 bridgehead atoms. The van der Waals surface area contributed by atoms with Crippen LogP contribution in [0.5, 0.6) is 5.75 Å². The fourth-order valence-electron chi connectivity index (χ4n) is 1.93. The Hall–Kier alpha value is -2.01. The van der Waals surface area contributed by atoms with Crippen molar-refractivity contribution in [1.82, 2.24) is 0 Å². The van der Waals surface area contributed by atoms with E-state index in [1.165, 1.54) is 19.2 Å². The van der Waals surface area contributed by atoms with Gasteiger partial charge in [0.15, 0.2) is 0 Å². The predicted molar refractivity (Wildman–Crippen MR) is 72.6 cm³/mol. The van der Waals surface area contributed by atoms with Crippen LogP contribution in [0, 0.1) is 0 Å². The van der Waals surface area contributed by atoms with Crippen molar-refractivity contribution in [2.75, 3.05) is 7.11 Å². The molecular weight excluding hydrogens is 264 g/mol. The SMILES string of the molecule is C.COc1ccccc1S(=O)(=O)c1cc2ccc1o2. The molecule has 1 aromatic carbocycles. The van der Waals surface area contributed by atoms with Gasteiger partial charge in [-0.2, -0.15) is 0 Å². The Bertz CT molecular complexity index is 786. The van der Waals surface area contributed by atoms with Gasteiger partial charge in [-0.1, -0.05) is 19.6 Å². The number of rotatable bonds is 3. The number of ether oxygens (including phenoxy) is 1. The Kier molecular flexibility index (Phi) is 3.24. The van der Waals surface area contributed by atoms with Crippen LogP contribution in [-0.4, -0.2) is 15.5 Å². The summed E-state index contributed by atoms with van der Waals surface area (Å²) in [6.07, 6.45) is 0. The van der Waals surface area contributed by atoms with Crippen molar-refractivity contribution >= 4 is 21.0 Å². The minimum atomic E-state index is -3.61. The Morgan fingerprint density at radius 1 is 1.05 bits per heavy atom. The average molecular weight is 278 g/mol. The predicted octanol–water partition coefficient (Wildman–Crippen LogP) is 3.35. The van der Waals surface area contributed by atoms with Crippen LogP contribution in [0.2, 0.25) is 0 Å². The van der Waals surface area contributed by atoms with Crippen LogP contribution in [0.15, 0.2) is 56.7 Å². The number of fused-ring (bicyclic) bond motifs is 2. The minimum absolute atomic E-state index is 0.